The lowest BCUT2D eigenvalue weighted by molar-refractivity contribution is 0.0781. The van der Waals surface area contributed by atoms with E-state index in [1.54, 1.807) is 31.3 Å². The molecule has 3 rings (SSSR count). The van der Waals surface area contributed by atoms with Crippen molar-refractivity contribution in [2.45, 2.75) is 6.54 Å². The van der Waals surface area contributed by atoms with Crippen molar-refractivity contribution in [3.8, 4) is 0 Å². The highest BCUT2D eigenvalue weighted by Gasteiger charge is 2.14. The Morgan fingerprint density at radius 3 is 2.70 bits per heavy atom. The number of amides is 1. The average molecular weight is 310 g/mol. The zero-order valence-electron chi connectivity index (χ0n) is 12.4. The summed E-state index contributed by atoms with van der Waals surface area (Å²) in [6.07, 6.45) is 1.36. The smallest absolute Gasteiger partial charge is 0.258 e. The molecule has 0 unspecified atom stereocenters. The number of aromatic nitrogens is 3. The number of nitrogens with one attached hydrogen (secondary N) is 2. The quantitative estimate of drug-likeness (QED) is 0.750. The summed E-state index contributed by atoms with van der Waals surface area (Å²) < 4.78 is 0. The lowest BCUT2D eigenvalue weighted by Gasteiger charge is -2.16. The molecule has 0 bridgehead atoms. The van der Waals surface area contributed by atoms with Crippen LogP contribution in [0.4, 0.5) is 0 Å². The first-order valence-corrected chi connectivity index (χ1v) is 6.97. The third-order valence-corrected chi connectivity index (χ3v) is 3.43. The molecule has 2 aromatic heterocycles. The third kappa shape index (κ3) is 3.03. The van der Waals surface area contributed by atoms with Crippen LogP contribution in [0.5, 0.6) is 0 Å². The fourth-order valence-electron chi connectivity index (χ4n) is 2.27. The number of hydrogen-bond donors (Lipinski definition) is 2. The summed E-state index contributed by atoms with van der Waals surface area (Å²) in [4.78, 5) is 46.3. The van der Waals surface area contributed by atoms with Gasteiger partial charge in [-0.3, -0.25) is 14.4 Å². The molecule has 1 aromatic carbocycles. The summed E-state index contributed by atoms with van der Waals surface area (Å²) in [5.74, 6) is 0.117. The highest BCUT2D eigenvalue weighted by molar-refractivity contribution is 5.93. The normalized spacial score (nSPS) is 10.7. The molecule has 2 heterocycles. The average Bonchev–Trinajstić information content (AvgIpc) is 2.55. The van der Waals surface area contributed by atoms with Gasteiger partial charge in [0.15, 0.2) is 0 Å². The van der Waals surface area contributed by atoms with Crippen LogP contribution in [-0.2, 0) is 6.54 Å². The van der Waals surface area contributed by atoms with E-state index in [0.717, 1.165) is 0 Å². The first-order chi connectivity index (χ1) is 11.0. The molecule has 0 saturated heterocycles. The van der Waals surface area contributed by atoms with Gasteiger partial charge in [0.05, 0.1) is 23.0 Å². The summed E-state index contributed by atoms with van der Waals surface area (Å²) in [5.41, 5.74) is 0.423. The van der Waals surface area contributed by atoms with Gasteiger partial charge in [0, 0.05) is 19.3 Å². The zero-order chi connectivity index (χ0) is 16.4. The molecule has 0 saturated carbocycles. The Balaban J connectivity index is 1.86. The molecular weight excluding hydrogens is 296 g/mol. The summed E-state index contributed by atoms with van der Waals surface area (Å²) in [6, 6.07) is 9.75. The number of pyridine rings is 1. The predicted molar refractivity (Wildman–Crippen MR) is 85.2 cm³/mol. The van der Waals surface area contributed by atoms with E-state index in [1.165, 1.54) is 23.2 Å². The summed E-state index contributed by atoms with van der Waals surface area (Å²) in [6.45, 7) is 0.151. The monoisotopic (exact) mass is 310 g/mol. The molecular formula is C16H14N4O3. The molecule has 2 N–H and O–H groups in total. The third-order valence-electron chi connectivity index (χ3n) is 3.43. The van der Waals surface area contributed by atoms with Crippen molar-refractivity contribution in [1.82, 2.24) is 19.9 Å². The van der Waals surface area contributed by atoms with E-state index < -0.39 is 0 Å². The van der Waals surface area contributed by atoms with Gasteiger partial charge in [0.1, 0.15) is 5.82 Å². The lowest BCUT2D eigenvalue weighted by Crippen LogP contribution is -2.28. The minimum atomic E-state index is -0.281. The number of fused-ring (bicyclic) bond motifs is 1. The van der Waals surface area contributed by atoms with E-state index in [1.807, 2.05) is 0 Å². The number of para-hydroxylation sites is 1. The summed E-state index contributed by atoms with van der Waals surface area (Å²) >= 11 is 0. The molecule has 7 nitrogen and oxygen atoms in total. The molecule has 0 fully saturated rings. The van der Waals surface area contributed by atoms with Crippen LogP contribution in [0.25, 0.3) is 10.9 Å². The number of benzene rings is 1. The van der Waals surface area contributed by atoms with Crippen LogP contribution in [0.2, 0.25) is 0 Å². The number of rotatable bonds is 3. The van der Waals surface area contributed by atoms with Crippen molar-refractivity contribution in [3.63, 3.8) is 0 Å². The van der Waals surface area contributed by atoms with Gasteiger partial charge >= 0.3 is 0 Å². The van der Waals surface area contributed by atoms with Crippen LogP contribution in [-0.4, -0.2) is 32.8 Å². The fraction of sp³-hybridized carbons (Fsp3) is 0.125. The van der Waals surface area contributed by atoms with E-state index in [2.05, 4.69) is 15.0 Å². The van der Waals surface area contributed by atoms with Gasteiger partial charge in [0.2, 0.25) is 5.56 Å². The Labute approximate surface area is 130 Å². The SMILES string of the molecule is CN(Cc1nc2ccccc2c(=O)[nH]1)C(=O)c1ccc(=O)[nH]c1. The Hall–Kier alpha value is -3.22. The summed E-state index contributed by atoms with van der Waals surface area (Å²) in [7, 11) is 1.60. The molecule has 0 aliphatic carbocycles. The molecule has 0 aliphatic heterocycles. The second kappa shape index (κ2) is 5.88. The minimum Gasteiger partial charge on any atom is -0.334 e. The van der Waals surface area contributed by atoms with Gasteiger partial charge in [-0.2, -0.15) is 0 Å². The highest BCUT2D eigenvalue weighted by atomic mass is 16.2. The number of carbonyl (C=O) groups excluding carboxylic acids is 1. The van der Waals surface area contributed by atoms with E-state index in [-0.39, 0.29) is 23.6 Å². The van der Waals surface area contributed by atoms with Gasteiger partial charge in [-0.25, -0.2) is 4.98 Å². The Morgan fingerprint density at radius 1 is 1.17 bits per heavy atom. The van der Waals surface area contributed by atoms with E-state index in [9.17, 15) is 14.4 Å². The van der Waals surface area contributed by atoms with Crippen LogP contribution >= 0.6 is 0 Å². The second-order valence-electron chi connectivity index (χ2n) is 5.13. The standard InChI is InChI=1S/C16H14N4O3/c1-20(16(23)10-6-7-14(21)17-8-10)9-13-18-12-5-3-2-4-11(12)15(22)19-13/h2-8H,9H2,1H3,(H,17,21)(H,18,19,22). The van der Waals surface area contributed by atoms with Crippen LogP contribution in [0, 0.1) is 0 Å². The topological polar surface area (TPSA) is 98.9 Å². The number of H-pyrrole nitrogens is 2. The zero-order valence-corrected chi connectivity index (χ0v) is 12.4. The van der Waals surface area contributed by atoms with Crippen molar-refractivity contribution in [2.24, 2.45) is 0 Å². The largest absolute Gasteiger partial charge is 0.334 e. The lowest BCUT2D eigenvalue weighted by atomic mass is 10.2. The molecule has 1 amide bonds. The van der Waals surface area contributed by atoms with Crippen molar-refractivity contribution in [1.29, 1.82) is 0 Å². The fourth-order valence-corrected chi connectivity index (χ4v) is 2.27. The molecule has 0 radical (unpaired) electrons. The molecule has 3 aromatic rings. The first-order valence-electron chi connectivity index (χ1n) is 6.97. The maximum Gasteiger partial charge on any atom is 0.258 e. The molecule has 0 spiro atoms. The Kier molecular flexibility index (Phi) is 3.76. The second-order valence-corrected chi connectivity index (χ2v) is 5.13. The number of hydrogen-bond acceptors (Lipinski definition) is 4. The highest BCUT2D eigenvalue weighted by Crippen LogP contribution is 2.08. The Morgan fingerprint density at radius 2 is 1.96 bits per heavy atom. The maximum atomic E-state index is 12.3. The molecule has 7 heteroatoms. The van der Waals surface area contributed by atoms with Crippen molar-refractivity contribution >= 4 is 16.8 Å². The molecule has 116 valence electrons. The summed E-state index contributed by atoms with van der Waals surface area (Å²) in [5, 5.41) is 0.505. The van der Waals surface area contributed by atoms with Gasteiger partial charge in [-0.1, -0.05) is 12.1 Å². The number of nitrogens with zero attached hydrogens (tertiary/aromatic N) is 2. The van der Waals surface area contributed by atoms with Gasteiger partial charge in [-0.05, 0) is 18.2 Å². The van der Waals surface area contributed by atoms with E-state index in [0.29, 0.717) is 22.3 Å². The van der Waals surface area contributed by atoms with Gasteiger partial charge in [0.25, 0.3) is 11.5 Å². The number of carbonyl (C=O) groups is 1. The van der Waals surface area contributed by atoms with Crippen molar-refractivity contribution < 1.29 is 4.79 Å². The van der Waals surface area contributed by atoms with Crippen LogP contribution < -0.4 is 11.1 Å². The van der Waals surface area contributed by atoms with Crippen LogP contribution in [0.15, 0.2) is 52.2 Å². The van der Waals surface area contributed by atoms with E-state index >= 15 is 0 Å². The van der Waals surface area contributed by atoms with E-state index in [4.69, 9.17) is 0 Å². The maximum absolute atomic E-state index is 12.3. The number of aromatic amines is 2. The van der Waals surface area contributed by atoms with Crippen LogP contribution in [0.3, 0.4) is 0 Å². The molecule has 0 atom stereocenters. The van der Waals surface area contributed by atoms with Gasteiger partial charge in [-0.15, -0.1) is 0 Å². The minimum absolute atomic E-state index is 0.151. The predicted octanol–water partition coefficient (Wildman–Crippen LogP) is 0.884. The van der Waals surface area contributed by atoms with Gasteiger partial charge < -0.3 is 14.9 Å². The first kappa shape index (κ1) is 14.7. The van der Waals surface area contributed by atoms with Crippen molar-refractivity contribution in [2.75, 3.05) is 7.05 Å². The molecule has 0 aliphatic rings. The Bertz CT molecular complexity index is 970. The molecule has 23 heavy (non-hydrogen) atoms. The van der Waals surface area contributed by atoms with Crippen molar-refractivity contribution in [3.05, 3.63) is 74.7 Å². The van der Waals surface area contributed by atoms with Crippen LogP contribution in [0.1, 0.15) is 16.2 Å².